The van der Waals surface area contributed by atoms with Gasteiger partial charge in [-0.2, -0.15) is 13.2 Å². The average molecular weight is 413 g/mol. The minimum atomic E-state index is -4.58. The number of hydrogen-bond donors (Lipinski definition) is 1. The van der Waals surface area contributed by atoms with Gasteiger partial charge in [-0.3, -0.25) is 9.36 Å². The third-order valence-corrected chi connectivity index (χ3v) is 6.06. The Bertz CT molecular complexity index is 1310. The molecule has 0 spiro atoms. The first kappa shape index (κ1) is 18.7. The molecule has 30 heavy (non-hydrogen) atoms. The summed E-state index contributed by atoms with van der Waals surface area (Å²) in [5.74, 6) is 0.814. The fourth-order valence-corrected chi connectivity index (χ4v) is 4.41. The number of nitrogens with zero attached hydrogens (tertiary/aromatic N) is 4. The van der Waals surface area contributed by atoms with Crippen molar-refractivity contribution in [3.05, 3.63) is 76.4 Å². The third kappa shape index (κ3) is 2.61. The van der Waals surface area contributed by atoms with Crippen molar-refractivity contribution in [3.8, 4) is 5.69 Å². The molecule has 1 aromatic carbocycles. The predicted octanol–water partition coefficient (Wildman–Crippen LogP) is 3.94. The van der Waals surface area contributed by atoms with E-state index >= 15 is 0 Å². The van der Waals surface area contributed by atoms with Crippen LogP contribution in [-0.4, -0.2) is 24.3 Å². The Kier molecular flexibility index (Phi) is 3.93. The van der Waals surface area contributed by atoms with Crippen molar-refractivity contribution < 1.29 is 13.2 Å². The van der Waals surface area contributed by atoms with Crippen LogP contribution in [0.3, 0.4) is 0 Å². The lowest BCUT2D eigenvalue weighted by atomic mass is 9.63. The lowest BCUT2D eigenvalue weighted by Crippen LogP contribution is -2.38. The van der Waals surface area contributed by atoms with Crippen molar-refractivity contribution in [3.63, 3.8) is 0 Å². The van der Waals surface area contributed by atoms with Crippen LogP contribution in [0.15, 0.2) is 53.8 Å². The van der Waals surface area contributed by atoms with Gasteiger partial charge in [0.2, 0.25) is 0 Å². The second kappa shape index (κ2) is 6.32. The highest BCUT2D eigenvalue weighted by Gasteiger charge is 2.44. The van der Waals surface area contributed by atoms with Crippen molar-refractivity contribution in [1.82, 2.24) is 24.3 Å². The number of pyridine rings is 1. The van der Waals surface area contributed by atoms with E-state index in [0.29, 0.717) is 5.69 Å². The summed E-state index contributed by atoms with van der Waals surface area (Å²) >= 11 is 0. The van der Waals surface area contributed by atoms with Crippen molar-refractivity contribution in [2.75, 3.05) is 0 Å². The molecule has 4 aromatic rings. The molecule has 1 fully saturated rings. The minimum Gasteiger partial charge on any atom is -0.357 e. The lowest BCUT2D eigenvalue weighted by molar-refractivity contribution is -0.136. The van der Waals surface area contributed by atoms with E-state index in [9.17, 15) is 18.0 Å². The molecule has 6 nitrogen and oxygen atoms in total. The molecule has 1 N–H and O–H groups in total. The minimum absolute atomic E-state index is 0.0677. The van der Waals surface area contributed by atoms with E-state index in [0.717, 1.165) is 41.4 Å². The standard InChI is InChI=1S/C21H18F3N5O/c1-28-12-26-27-19(28)20(7-3-8-20)13-4-2-5-14(10-13)29-11-16(21(22,23)24)15-6-9-25-17(15)18(29)30/h2,4-6,9-12,25H,3,7-8H2,1H3. The second-order valence-electron chi connectivity index (χ2n) is 7.73. The highest BCUT2D eigenvalue weighted by atomic mass is 19.4. The summed E-state index contributed by atoms with van der Waals surface area (Å²) < 4.78 is 43.8. The van der Waals surface area contributed by atoms with E-state index in [4.69, 9.17) is 0 Å². The molecule has 154 valence electrons. The summed E-state index contributed by atoms with van der Waals surface area (Å²) in [5.41, 5.74) is -0.505. The summed E-state index contributed by atoms with van der Waals surface area (Å²) in [7, 11) is 1.87. The van der Waals surface area contributed by atoms with Crippen molar-refractivity contribution in [2.45, 2.75) is 30.9 Å². The lowest BCUT2D eigenvalue weighted by Gasteiger charge is -2.41. The zero-order valence-corrected chi connectivity index (χ0v) is 16.1. The molecule has 0 unspecified atom stereocenters. The monoisotopic (exact) mass is 413 g/mol. The van der Waals surface area contributed by atoms with E-state index in [1.807, 2.05) is 17.7 Å². The van der Waals surface area contributed by atoms with Gasteiger partial charge >= 0.3 is 6.18 Å². The summed E-state index contributed by atoms with van der Waals surface area (Å²) in [6.07, 6.45) is 2.03. The number of benzene rings is 1. The molecule has 9 heteroatoms. The Morgan fingerprint density at radius 2 is 2.00 bits per heavy atom. The molecule has 0 aliphatic heterocycles. The third-order valence-electron chi connectivity index (χ3n) is 6.06. The van der Waals surface area contributed by atoms with E-state index in [-0.39, 0.29) is 16.3 Å². The molecule has 0 radical (unpaired) electrons. The summed E-state index contributed by atoms with van der Waals surface area (Å²) in [6.45, 7) is 0. The van der Waals surface area contributed by atoms with Crippen LogP contribution in [-0.2, 0) is 18.6 Å². The fraction of sp³-hybridized carbons (Fsp3) is 0.286. The highest BCUT2D eigenvalue weighted by Crippen LogP contribution is 2.48. The van der Waals surface area contributed by atoms with Crippen LogP contribution in [0.1, 0.15) is 36.2 Å². The Morgan fingerprint density at radius 1 is 1.20 bits per heavy atom. The van der Waals surface area contributed by atoms with Crippen molar-refractivity contribution >= 4 is 10.9 Å². The quantitative estimate of drug-likeness (QED) is 0.553. The van der Waals surface area contributed by atoms with Gasteiger partial charge in [0, 0.05) is 30.5 Å². The number of halogens is 3. The number of alkyl halides is 3. The van der Waals surface area contributed by atoms with Gasteiger partial charge in [0.1, 0.15) is 17.7 Å². The number of nitrogens with one attached hydrogen (secondary N) is 1. The van der Waals surface area contributed by atoms with Gasteiger partial charge in [-0.25, -0.2) is 0 Å². The average Bonchev–Trinajstić information content (AvgIpc) is 3.31. The van der Waals surface area contributed by atoms with Crippen molar-refractivity contribution in [1.29, 1.82) is 0 Å². The molecule has 3 heterocycles. The summed E-state index contributed by atoms with van der Waals surface area (Å²) in [6, 6.07) is 8.39. The van der Waals surface area contributed by atoms with Crippen LogP contribution in [0.25, 0.3) is 16.6 Å². The Hall–Kier alpha value is -3.36. The first-order chi connectivity index (χ1) is 14.3. The molecular weight excluding hydrogens is 395 g/mol. The van der Waals surface area contributed by atoms with Gasteiger partial charge in [-0.1, -0.05) is 18.6 Å². The van der Waals surface area contributed by atoms with Crippen LogP contribution >= 0.6 is 0 Å². The largest absolute Gasteiger partial charge is 0.418 e. The molecule has 5 rings (SSSR count). The zero-order valence-electron chi connectivity index (χ0n) is 16.1. The Balaban J connectivity index is 1.70. The maximum Gasteiger partial charge on any atom is 0.418 e. The number of aryl methyl sites for hydroxylation is 1. The maximum absolute atomic E-state index is 13.6. The smallest absolute Gasteiger partial charge is 0.357 e. The van der Waals surface area contributed by atoms with Gasteiger partial charge in [-0.15, -0.1) is 10.2 Å². The van der Waals surface area contributed by atoms with E-state index in [2.05, 4.69) is 15.2 Å². The van der Waals surface area contributed by atoms with E-state index < -0.39 is 17.3 Å². The van der Waals surface area contributed by atoms with Crippen LogP contribution in [0, 0.1) is 0 Å². The number of aromatic nitrogens is 5. The molecule has 0 saturated heterocycles. The first-order valence-corrected chi connectivity index (χ1v) is 9.57. The van der Waals surface area contributed by atoms with Crippen LogP contribution in [0.2, 0.25) is 0 Å². The molecule has 0 amide bonds. The van der Waals surface area contributed by atoms with Gasteiger partial charge in [0.15, 0.2) is 0 Å². The molecule has 1 aliphatic rings. The van der Waals surface area contributed by atoms with Gasteiger partial charge in [0.25, 0.3) is 5.56 Å². The molecular formula is C21H18F3N5O. The number of fused-ring (bicyclic) bond motifs is 1. The predicted molar refractivity (Wildman–Crippen MR) is 105 cm³/mol. The molecule has 1 aliphatic carbocycles. The highest BCUT2D eigenvalue weighted by molar-refractivity contribution is 5.82. The zero-order chi connectivity index (χ0) is 21.1. The Labute approximate surface area is 169 Å². The van der Waals surface area contributed by atoms with Gasteiger partial charge < -0.3 is 9.55 Å². The van der Waals surface area contributed by atoms with Crippen LogP contribution < -0.4 is 5.56 Å². The number of hydrogen-bond acceptors (Lipinski definition) is 3. The summed E-state index contributed by atoms with van der Waals surface area (Å²) in [4.78, 5) is 15.6. The SMILES string of the molecule is Cn1cnnc1C1(c2cccc(-n3cc(C(F)(F)F)c4cc[nH]c4c3=O)c2)CCC1. The summed E-state index contributed by atoms with van der Waals surface area (Å²) in [5, 5.41) is 8.13. The number of rotatable bonds is 3. The van der Waals surface area contributed by atoms with E-state index in [1.54, 1.807) is 24.5 Å². The normalized spacial score (nSPS) is 16.0. The first-order valence-electron chi connectivity index (χ1n) is 9.57. The molecule has 3 aromatic heterocycles. The Morgan fingerprint density at radius 3 is 2.63 bits per heavy atom. The van der Waals surface area contributed by atoms with Crippen LogP contribution in [0.4, 0.5) is 13.2 Å². The molecule has 1 saturated carbocycles. The van der Waals surface area contributed by atoms with E-state index in [1.165, 1.54) is 12.3 Å². The van der Waals surface area contributed by atoms with Crippen molar-refractivity contribution in [2.24, 2.45) is 7.05 Å². The van der Waals surface area contributed by atoms with Gasteiger partial charge in [-0.05, 0) is 36.6 Å². The second-order valence-corrected chi connectivity index (χ2v) is 7.73. The maximum atomic E-state index is 13.6. The fourth-order valence-electron chi connectivity index (χ4n) is 4.41. The molecule has 0 atom stereocenters. The molecule has 0 bridgehead atoms. The van der Waals surface area contributed by atoms with Gasteiger partial charge in [0.05, 0.1) is 11.0 Å². The number of aromatic amines is 1. The number of H-pyrrole nitrogens is 1. The van der Waals surface area contributed by atoms with Crippen LogP contribution in [0.5, 0.6) is 0 Å². The topological polar surface area (TPSA) is 68.5 Å².